The summed E-state index contributed by atoms with van der Waals surface area (Å²) in [6, 6.07) is 3.42. The van der Waals surface area contributed by atoms with Crippen molar-refractivity contribution in [2.75, 3.05) is 44.2 Å². The Hall–Kier alpha value is -2.42. The fraction of sp³-hybridized carbons (Fsp3) is 0.375. The lowest BCUT2D eigenvalue weighted by Gasteiger charge is -2.35. The van der Waals surface area contributed by atoms with E-state index in [1.165, 1.54) is 6.07 Å². The summed E-state index contributed by atoms with van der Waals surface area (Å²) >= 11 is 1.62. The van der Waals surface area contributed by atoms with Gasteiger partial charge in [0.1, 0.15) is 12.4 Å². The Morgan fingerprint density at radius 3 is 2.72 bits per heavy atom. The number of nitrogens with two attached hydrogens (primary N) is 1. The van der Waals surface area contributed by atoms with Crippen molar-refractivity contribution in [2.24, 2.45) is 10.7 Å². The molecular weight excluding hydrogens is 348 g/mol. The molecule has 0 atom stereocenters. The number of nitrogens with zero attached hydrogens (tertiary/aromatic N) is 4. The number of ether oxygens (including phenoxy) is 1. The minimum atomic E-state index is -0.932. The van der Waals surface area contributed by atoms with Gasteiger partial charge in [0.05, 0.1) is 6.54 Å². The first kappa shape index (κ1) is 17.4. The standard InChI is InChI=1S/C16H19F2N5OS/c17-13-2-1-12(11-14(13)18)24-9-3-20-15(19)22-5-7-23(8-6-22)16-21-4-10-25-16/h1-2,4,10-11H,3,5-9H2,(H2,19,20). The topological polar surface area (TPSA) is 67.0 Å². The smallest absolute Gasteiger partial charge is 0.191 e. The van der Waals surface area contributed by atoms with Crippen LogP contribution < -0.4 is 15.4 Å². The number of thiazole rings is 1. The number of hydrogen-bond donors (Lipinski definition) is 1. The molecule has 0 radical (unpaired) electrons. The van der Waals surface area contributed by atoms with Crippen LogP contribution in [0.25, 0.3) is 0 Å². The van der Waals surface area contributed by atoms with Crippen molar-refractivity contribution in [3.05, 3.63) is 41.4 Å². The zero-order chi connectivity index (χ0) is 17.6. The molecule has 6 nitrogen and oxygen atoms in total. The van der Waals surface area contributed by atoms with Gasteiger partial charge in [-0.15, -0.1) is 11.3 Å². The quantitative estimate of drug-likeness (QED) is 0.497. The van der Waals surface area contributed by atoms with Crippen LogP contribution >= 0.6 is 11.3 Å². The van der Waals surface area contributed by atoms with Gasteiger partial charge in [0.25, 0.3) is 0 Å². The maximum atomic E-state index is 13.1. The van der Waals surface area contributed by atoms with E-state index in [0.717, 1.165) is 43.4 Å². The number of anilines is 1. The summed E-state index contributed by atoms with van der Waals surface area (Å²) in [5, 5.41) is 2.99. The third-order valence-corrected chi connectivity index (χ3v) is 4.65. The summed E-state index contributed by atoms with van der Waals surface area (Å²) < 4.78 is 31.3. The number of hydrogen-bond acceptors (Lipinski definition) is 5. The van der Waals surface area contributed by atoms with Gasteiger partial charge in [-0.1, -0.05) is 0 Å². The predicted octanol–water partition coefficient (Wildman–Crippen LogP) is 1.94. The van der Waals surface area contributed by atoms with Crippen LogP contribution in [0, 0.1) is 11.6 Å². The van der Waals surface area contributed by atoms with Gasteiger partial charge in [-0.05, 0) is 12.1 Å². The second-order valence-electron chi connectivity index (χ2n) is 5.45. The zero-order valence-corrected chi connectivity index (χ0v) is 14.4. The fourth-order valence-electron chi connectivity index (χ4n) is 2.49. The number of rotatable bonds is 5. The van der Waals surface area contributed by atoms with E-state index in [1.54, 1.807) is 17.5 Å². The first-order chi connectivity index (χ1) is 12.1. The zero-order valence-electron chi connectivity index (χ0n) is 13.6. The molecule has 3 rings (SSSR count). The number of guanidine groups is 1. The SMILES string of the molecule is NC(=NCCOc1ccc(F)c(F)c1)N1CCN(c2nccs2)CC1. The Balaban J connectivity index is 1.42. The van der Waals surface area contributed by atoms with Crippen LogP contribution in [0.5, 0.6) is 5.75 Å². The highest BCUT2D eigenvalue weighted by atomic mass is 32.1. The molecule has 1 saturated heterocycles. The monoisotopic (exact) mass is 367 g/mol. The van der Waals surface area contributed by atoms with Gasteiger partial charge in [0, 0.05) is 43.8 Å². The van der Waals surface area contributed by atoms with Crippen molar-refractivity contribution in [2.45, 2.75) is 0 Å². The molecule has 1 fully saturated rings. The second kappa shape index (κ2) is 8.11. The maximum absolute atomic E-state index is 13.1. The summed E-state index contributed by atoms with van der Waals surface area (Å²) in [5.74, 6) is -1.09. The van der Waals surface area contributed by atoms with Crippen molar-refractivity contribution in [1.29, 1.82) is 0 Å². The molecular formula is C16H19F2N5OS. The molecule has 2 aromatic rings. The van der Waals surface area contributed by atoms with Gasteiger partial charge in [-0.3, -0.25) is 0 Å². The Kier molecular flexibility index (Phi) is 5.64. The van der Waals surface area contributed by atoms with E-state index < -0.39 is 11.6 Å². The molecule has 2 heterocycles. The van der Waals surface area contributed by atoms with Crippen molar-refractivity contribution in [3.8, 4) is 5.75 Å². The average molecular weight is 367 g/mol. The molecule has 9 heteroatoms. The Morgan fingerprint density at radius 1 is 1.24 bits per heavy atom. The first-order valence-corrected chi connectivity index (χ1v) is 8.78. The van der Waals surface area contributed by atoms with Gasteiger partial charge < -0.3 is 20.3 Å². The van der Waals surface area contributed by atoms with Crippen molar-refractivity contribution < 1.29 is 13.5 Å². The largest absolute Gasteiger partial charge is 0.492 e. The Labute approximate surface area is 148 Å². The fourth-order valence-corrected chi connectivity index (χ4v) is 3.19. The molecule has 0 aliphatic carbocycles. The lowest BCUT2D eigenvalue weighted by Crippen LogP contribution is -2.51. The van der Waals surface area contributed by atoms with Crippen LogP contribution in [0.2, 0.25) is 0 Å². The van der Waals surface area contributed by atoms with Crippen molar-refractivity contribution in [1.82, 2.24) is 9.88 Å². The molecule has 2 N–H and O–H groups in total. The Bertz CT molecular complexity index is 717. The maximum Gasteiger partial charge on any atom is 0.191 e. The minimum absolute atomic E-state index is 0.241. The normalized spacial score (nSPS) is 15.5. The molecule has 134 valence electrons. The summed E-state index contributed by atoms with van der Waals surface area (Å²) in [6.07, 6.45) is 1.80. The lowest BCUT2D eigenvalue weighted by molar-refractivity contribution is 0.323. The highest BCUT2D eigenvalue weighted by Crippen LogP contribution is 2.18. The Morgan fingerprint density at radius 2 is 2.04 bits per heavy atom. The molecule has 1 aliphatic rings. The molecule has 0 amide bonds. The van der Waals surface area contributed by atoms with Crippen LogP contribution in [0.3, 0.4) is 0 Å². The second-order valence-corrected chi connectivity index (χ2v) is 6.33. The van der Waals surface area contributed by atoms with E-state index in [1.807, 2.05) is 10.3 Å². The van der Waals surface area contributed by atoms with E-state index in [4.69, 9.17) is 10.5 Å². The number of aromatic nitrogens is 1. The third kappa shape index (κ3) is 4.56. The third-order valence-electron chi connectivity index (χ3n) is 3.82. The van der Waals surface area contributed by atoms with Crippen LogP contribution in [0.1, 0.15) is 0 Å². The molecule has 25 heavy (non-hydrogen) atoms. The molecule has 0 unspecified atom stereocenters. The predicted molar refractivity (Wildman–Crippen MR) is 94.2 cm³/mol. The number of piperazine rings is 1. The van der Waals surface area contributed by atoms with E-state index in [9.17, 15) is 8.78 Å². The van der Waals surface area contributed by atoms with Crippen LogP contribution in [-0.2, 0) is 0 Å². The van der Waals surface area contributed by atoms with E-state index >= 15 is 0 Å². The average Bonchev–Trinajstić information content (AvgIpc) is 3.16. The lowest BCUT2D eigenvalue weighted by atomic mass is 10.3. The van der Waals surface area contributed by atoms with Crippen molar-refractivity contribution in [3.63, 3.8) is 0 Å². The highest BCUT2D eigenvalue weighted by molar-refractivity contribution is 7.13. The van der Waals surface area contributed by atoms with Gasteiger partial charge in [0.15, 0.2) is 22.7 Å². The minimum Gasteiger partial charge on any atom is -0.492 e. The number of halogens is 2. The molecule has 1 aliphatic heterocycles. The molecule has 1 aromatic heterocycles. The summed E-state index contributed by atoms with van der Waals surface area (Å²) in [6.45, 7) is 3.82. The van der Waals surface area contributed by atoms with Gasteiger partial charge in [0.2, 0.25) is 0 Å². The van der Waals surface area contributed by atoms with Gasteiger partial charge in [-0.25, -0.2) is 18.8 Å². The molecule has 0 saturated carbocycles. The van der Waals surface area contributed by atoms with Gasteiger partial charge >= 0.3 is 0 Å². The first-order valence-electron chi connectivity index (χ1n) is 7.90. The van der Waals surface area contributed by atoms with Crippen LogP contribution in [0.15, 0.2) is 34.8 Å². The summed E-state index contributed by atoms with van der Waals surface area (Å²) in [4.78, 5) is 12.8. The van der Waals surface area contributed by atoms with E-state index in [-0.39, 0.29) is 12.4 Å². The highest BCUT2D eigenvalue weighted by Gasteiger charge is 2.19. The summed E-state index contributed by atoms with van der Waals surface area (Å²) in [5.41, 5.74) is 6.02. The molecule has 1 aromatic carbocycles. The molecule has 0 spiro atoms. The van der Waals surface area contributed by atoms with E-state index in [0.29, 0.717) is 12.5 Å². The van der Waals surface area contributed by atoms with Gasteiger partial charge in [-0.2, -0.15) is 0 Å². The summed E-state index contributed by atoms with van der Waals surface area (Å²) in [7, 11) is 0. The van der Waals surface area contributed by atoms with E-state index in [2.05, 4.69) is 14.9 Å². The number of aliphatic imine (C=N–C) groups is 1. The van der Waals surface area contributed by atoms with Crippen LogP contribution in [-0.4, -0.2) is 55.2 Å². The molecule has 0 bridgehead atoms. The van der Waals surface area contributed by atoms with Crippen LogP contribution in [0.4, 0.5) is 13.9 Å². The van der Waals surface area contributed by atoms with Crippen molar-refractivity contribution >= 4 is 22.4 Å². The number of benzene rings is 1.